The number of benzene rings is 1. The molecule has 0 aliphatic heterocycles. The highest BCUT2D eigenvalue weighted by molar-refractivity contribution is 7.13. The zero-order chi connectivity index (χ0) is 21.8. The topological polar surface area (TPSA) is 108 Å². The van der Waals surface area contributed by atoms with Gasteiger partial charge in [0.1, 0.15) is 22.5 Å². The van der Waals surface area contributed by atoms with Crippen LogP contribution < -0.4 is 20.3 Å². The van der Waals surface area contributed by atoms with Crippen molar-refractivity contribution in [1.82, 2.24) is 24.2 Å². The third-order valence-electron chi connectivity index (χ3n) is 4.68. The Bertz CT molecular complexity index is 1290. The Hall–Kier alpha value is -3.79. The van der Waals surface area contributed by atoms with Crippen LogP contribution in [0.1, 0.15) is 5.56 Å². The number of aromatic nitrogens is 4. The highest BCUT2D eigenvalue weighted by Gasteiger charge is 2.16. The molecule has 31 heavy (non-hydrogen) atoms. The number of rotatable bonds is 7. The van der Waals surface area contributed by atoms with Gasteiger partial charge >= 0.3 is 0 Å². The number of hydrogen-bond acceptors (Lipinski definition) is 8. The summed E-state index contributed by atoms with van der Waals surface area (Å²) in [6.07, 6.45) is 4.68. The Balaban J connectivity index is 1.51. The van der Waals surface area contributed by atoms with Gasteiger partial charge in [0.2, 0.25) is 5.91 Å². The molecule has 1 N–H and O–H groups in total. The average molecular weight is 437 g/mol. The van der Waals surface area contributed by atoms with Crippen molar-refractivity contribution >= 4 is 27.7 Å². The Morgan fingerprint density at radius 2 is 1.97 bits per heavy atom. The Morgan fingerprint density at radius 1 is 1.16 bits per heavy atom. The fraction of sp³-hybridized carbons (Fsp3) is 0.190. The number of nitrogens with one attached hydrogen (secondary N) is 1. The third-order valence-corrected chi connectivity index (χ3v) is 5.50. The molecule has 158 valence electrons. The van der Waals surface area contributed by atoms with Crippen LogP contribution in [0.25, 0.3) is 21.5 Å². The summed E-state index contributed by atoms with van der Waals surface area (Å²) in [5.74, 6) is 0.807. The van der Waals surface area contributed by atoms with Crippen LogP contribution in [0.15, 0.2) is 53.8 Å². The fourth-order valence-corrected chi connectivity index (χ4v) is 3.97. The van der Waals surface area contributed by atoms with Gasteiger partial charge in [-0.2, -0.15) is 4.37 Å². The number of ether oxygens (including phenoxy) is 2. The lowest BCUT2D eigenvalue weighted by atomic mass is 10.2. The van der Waals surface area contributed by atoms with Crippen molar-refractivity contribution in [3.8, 4) is 22.8 Å². The van der Waals surface area contributed by atoms with Crippen LogP contribution in [-0.4, -0.2) is 39.0 Å². The molecular formula is C21H19N5O4S. The van der Waals surface area contributed by atoms with E-state index in [4.69, 9.17) is 9.47 Å². The van der Waals surface area contributed by atoms with E-state index >= 15 is 0 Å². The Morgan fingerprint density at radius 3 is 2.71 bits per heavy atom. The van der Waals surface area contributed by atoms with Gasteiger partial charge in [-0.1, -0.05) is 12.1 Å². The SMILES string of the molecule is COc1cccc(CNC(=O)Cn2cnc3c(-c4ccncc4)nsc3c2=O)c1OC. The van der Waals surface area contributed by atoms with Crippen molar-refractivity contribution in [2.24, 2.45) is 0 Å². The summed E-state index contributed by atoms with van der Waals surface area (Å²) < 4.78 is 16.7. The number of pyridine rings is 1. The first kappa shape index (κ1) is 20.5. The lowest BCUT2D eigenvalue weighted by Gasteiger charge is -2.13. The largest absolute Gasteiger partial charge is 0.493 e. The van der Waals surface area contributed by atoms with Crippen LogP contribution in [0, 0.1) is 0 Å². The molecule has 4 rings (SSSR count). The lowest BCUT2D eigenvalue weighted by molar-refractivity contribution is -0.121. The number of fused-ring (bicyclic) bond motifs is 1. The number of carbonyl (C=O) groups excluding carboxylic acids is 1. The summed E-state index contributed by atoms with van der Waals surface area (Å²) >= 11 is 1.07. The average Bonchev–Trinajstić information content (AvgIpc) is 3.24. The van der Waals surface area contributed by atoms with Crippen LogP contribution in [0.4, 0.5) is 0 Å². The number of nitrogens with zero attached hydrogens (tertiary/aromatic N) is 4. The summed E-state index contributed by atoms with van der Waals surface area (Å²) in [6.45, 7) is 0.0763. The number of carbonyl (C=O) groups is 1. The molecule has 3 heterocycles. The zero-order valence-electron chi connectivity index (χ0n) is 16.9. The van der Waals surface area contributed by atoms with Crippen molar-refractivity contribution in [1.29, 1.82) is 0 Å². The first-order valence-corrected chi connectivity index (χ1v) is 10.1. The molecule has 4 aromatic rings. The molecule has 9 nitrogen and oxygen atoms in total. The van der Waals surface area contributed by atoms with Crippen molar-refractivity contribution in [2.45, 2.75) is 13.1 Å². The van der Waals surface area contributed by atoms with Crippen molar-refractivity contribution in [3.63, 3.8) is 0 Å². The van der Waals surface area contributed by atoms with Gasteiger partial charge in [-0.3, -0.25) is 19.1 Å². The quantitative estimate of drug-likeness (QED) is 0.472. The van der Waals surface area contributed by atoms with E-state index in [9.17, 15) is 9.59 Å². The first-order valence-electron chi connectivity index (χ1n) is 9.34. The van der Waals surface area contributed by atoms with Crippen LogP contribution in [-0.2, 0) is 17.9 Å². The molecule has 0 radical (unpaired) electrons. The molecule has 10 heteroatoms. The Kier molecular flexibility index (Phi) is 5.89. The third kappa shape index (κ3) is 4.10. The van der Waals surface area contributed by atoms with E-state index in [-0.39, 0.29) is 24.6 Å². The van der Waals surface area contributed by atoms with E-state index in [0.29, 0.717) is 27.4 Å². The molecule has 0 aliphatic carbocycles. The summed E-state index contributed by atoms with van der Waals surface area (Å²) in [5, 5.41) is 2.80. The molecule has 0 unspecified atom stereocenters. The predicted octanol–water partition coefficient (Wildman–Crippen LogP) is 2.25. The molecule has 0 saturated heterocycles. The molecule has 0 bridgehead atoms. The summed E-state index contributed by atoms with van der Waals surface area (Å²) in [5.41, 5.74) is 2.42. The van der Waals surface area contributed by atoms with Gasteiger partial charge in [-0.25, -0.2) is 4.98 Å². The van der Waals surface area contributed by atoms with E-state index < -0.39 is 0 Å². The minimum Gasteiger partial charge on any atom is -0.493 e. The zero-order valence-corrected chi connectivity index (χ0v) is 17.7. The van der Waals surface area contributed by atoms with Gasteiger partial charge in [0.25, 0.3) is 5.56 Å². The van der Waals surface area contributed by atoms with Crippen LogP contribution in [0.5, 0.6) is 11.5 Å². The van der Waals surface area contributed by atoms with Gasteiger partial charge in [-0.15, -0.1) is 0 Å². The molecule has 0 spiro atoms. The number of para-hydroxylation sites is 1. The highest BCUT2D eigenvalue weighted by Crippen LogP contribution is 2.30. The lowest BCUT2D eigenvalue weighted by Crippen LogP contribution is -2.32. The standard InChI is InChI=1S/C21H19N5O4S/c1-29-15-5-3-4-14(19(15)30-2)10-23-16(27)11-26-12-24-18-17(13-6-8-22-9-7-13)25-31-20(18)21(26)28/h3-9,12H,10-11H2,1-2H3,(H,23,27). The monoisotopic (exact) mass is 437 g/mol. The van der Waals surface area contributed by atoms with Crippen molar-refractivity contribution < 1.29 is 14.3 Å². The smallest absolute Gasteiger partial charge is 0.273 e. The van der Waals surface area contributed by atoms with Gasteiger partial charge in [0, 0.05) is 30.1 Å². The maximum atomic E-state index is 12.8. The maximum Gasteiger partial charge on any atom is 0.273 e. The molecule has 0 aliphatic rings. The molecule has 3 aromatic heterocycles. The minimum atomic E-state index is -0.327. The molecule has 1 aromatic carbocycles. The predicted molar refractivity (Wildman–Crippen MR) is 116 cm³/mol. The number of amides is 1. The molecule has 0 atom stereocenters. The van der Waals surface area contributed by atoms with Crippen molar-refractivity contribution in [3.05, 3.63) is 65.0 Å². The van der Waals surface area contributed by atoms with Gasteiger partial charge < -0.3 is 14.8 Å². The van der Waals surface area contributed by atoms with Crippen LogP contribution in [0.2, 0.25) is 0 Å². The summed E-state index contributed by atoms with van der Waals surface area (Å²) in [6, 6.07) is 9.04. The molecule has 0 saturated carbocycles. The Labute approximate surface area is 181 Å². The normalized spacial score (nSPS) is 10.8. The van der Waals surface area contributed by atoms with Crippen LogP contribution >= 0.6 is 11.5 Å². The highest BCUT2D eigenvalue weighted by atomic mass is 32.1. The fourth-order valence-electron chi connectivity index (χ4n) is 3.16. The first-order chi connectivity index (χ1) is 15.1. The summed E-state index contributed by atoms with van der Waals surface area (Å²) in [4.78, 5) is 33.7. The summed E-state index contributed by atoms with van der Waals surface area (Å²) in [7, 11) is 3.09. The molecule has 0 fully saturated rings. The minimum absolute atomic E-state index is 0.156. The van der Waals surface area contributed by atoms with Gasteiger partial charge in [0.05, 0.1) is 20.5 Å². The van der Waals surface area contributed by atoms with Gasteiger partial charge in [-0.05, 0) is 29.7 Å². The number of methoxy groups -OCH3 is 2. The number of hydrogen-bond donors (Lipinski definition) is 1. The van der Waals surface area contributed by atoms with E-state index in [2.05, 4.69) is 19.7 Å². The second-order valence-corrected chi connectivity index (χ2v) is 7.33. The second kappa shape index (κ2) is 8.92. The van der Waals surface area contributed by atoms with Crippen molar-refractivity contribution in [2.75, 3.05) is 14.2 Å². The van der Waals surface area contributed by atoms with E-state index in [1.807, 2.05) is 24.3 Å². The van der Waals surface area contributed by atoms with Crippen LogP contribution in [0.3, 0.4) is 0 Å². The second-order valence-electron chi connectivity index (χ2n) is 6.55. The van der Waals surface area contributed by atoms with E-state index in [1.54, 1.807) is 32.7 Å². The van der Waals surface area contributed by atoms with E-state index in [0.717, 1.165) is 22.7 Å². The maximum absolute atomic E-state index is 12.8. The van der Waals surface area contributed by atoms with Gasteiger partial charge in [0.15, 0.2) is 11.5 Å². The molecule has 1 amide bonds. The molecular weight excluding hydrogens is 418 g/mol. The van der Waals surface area contributed by atoms with E-state index in [1.165, 1.54) is 10.9 Å².